The maximum Gasteiger partial charge on any atom is 0.323 e. The molecule has 3 atom stereocenters. The zero-order valence-corrected chi connectivity index (χ0v) is 9.42. The van der Waals surface area contributed by atoms with Gasteiger partial charge in [-0.3, -0.25) is 10.1 Å². The van der Waals surface area contributed by atoms with Gasteiger partial charge in [0.1, 0.15) is 6.04 Å². The van der Waals surface area contributed by atoms with E-state index in [9.17, 15) is 13.2 Å². The van der Waals surface area contributed by atoms with Crippen molar-refractivity contribution >= 4 is 15.8 Å². The fraction of sp³-hybridized carbons (Fsp3) is 0.889. The molecule has 0 radical (unpaired) electrons. The minimum Gasteiger partial charge on any atom is -0.468 e. The smallest absolute Gasteiger partial charge is 0.323 e. The average molecular weight is 233 g/mol. The maximum atomic E-state index is 11.8. The Morgan fingerprint density at radius 2 is 2.13 bits per heavy atom. The minimum absolute atomic E-state index is 0.0622. The molecule has 0 aromatic rings. The molecule has 0 aromatic carbocycles. The van der Waals surface area contributed by atoms with Gasteiger partial charge in [-0.15, -0.1) is 0 Å². The summed E-state index contributed by atoms with van der Waals surface area (Å²) in [5, 5.41) is 2.77. The van der Waals surface area contributed by atoms with Crippen molar-refractivity contribution in [1.82, 2.24) is 5.32 Å². The molecule has 2 aliphatic rings. The van der Waals surface area contributed by atoms with Gasteiger partial charge in [-0.05, 0) is 12.8 Å². The molecule has 1 aliphatic carbocycles. The molecule has 1 aliphatic heterocycles. The Labute approximate surface area is 89.1 Å². The van der Waals surface area contributed by atoms with Gasteiger partial charge in [0.05, 0.1) is 18.1 Å². The van der Waals surface area contributed by atoms with Gasteiger partial charge in [-0.2, -0.15) is 0 Å². The van der Waals surface area contributed by atoms with E-state index in [1.807, 2.05) is 0 Å². The molecule has 0 aromatic heterocycles. The summed E-state index contributed by atoms with van der Waals surface area (Å²) in [6.45, 7) is 0. The van der Waals surface area contributed by atoms with E-state index in [1.54, 1.807) is 0 Å². The Kier molecular flexibility index (Phi) is 2.72. The number of rotatable bonds is 1. The van der Waals surface area contributed by atoms with Gasteiger partial charge in [0.15, 0.2) is 9.84 Å². The molecule has 2 fully saturated rings. The summed E-state index contributed by atoms with van der Waals surface area (Å²) < 4.78 is 28.3. The second-order valence-corrected chi connectivity index (χ2v) is 6.41. The molecule has 2 rings (SSSR count). The van der Waals surface area contributed by atoms with E-state index in [1.165, 1.54) is 7.11 Å². The third-order valence-corrected chi connectivity index (χ3v) is 5.50. The Balaban J connectivity index is 2.20. The highest BCUT2D eigenvalue weighted by Gasteiger charge is 2.45. The topological polar surface area (TPSA) is 72.5 Å². The lowest BCUT2D eigenvalue weighted by Crippen LogP contribution is -2.58. The van der Waals surface area contributed by atoms with E-state index in [-0.39, 0.29) is 17.0 Å². The first-order valence-electron chi connectivity index (χ1n) is 5.10. The van der Waals surface area contributed by atoms with E-state index in [0.29, 0.717) is 6.42 Å². The molecule has 0 amide bonds. The molecule has 3 unspecified atom stereocenters. The zero-order chi connectivity index (χ0) is 11.1. The molecule has 1 heterocycles. The van der Waals surface area contributed by atoms with Crippen LogP contribution in [0.2, 0.25) is 0 Å². The predicted molar refractivity (Wildman–Crippen MR) is 54.2 cm³/mol. The first-order valence-corrected chi connectivity index (χ1v) is 6.81. The van der Waals surface area contributed by atoms with E-state index < -0.39 is 21.8 Å². The molecule has 1 saturated heterocycles. The molecule has 15 heavy (non-hydrogen) atoms. The molecule has 5 nitrogen and oxygen atoms in total. The van der Waals surface area contributed by atoms with Gasteiger partial charge in [0, 0.05) is 6.04 Å². The van der Waals surface area contributed by atoms with Gasteiger partial charge in [0.2, 0.25) is 0 Å². The first-order chi connectivity index (χ1) is 7.04. The summed E-state index contributed by atoms with van der Waals surface area (Å²) in [5.74, 6) is -0.607. The molecule has 0 bridgehead atoms. The Hall–Kier alpha value is -0.620. The summed E-state index contributed by atoms with van der Waals surface area (Å²) in [7, 11) is -1.85. The summed E-state index contributed by atoms with van der Waals surface area (Å²) in [6, 6.07) is -0.743. The lowest BCUT2D eigenvalue weighted by atomic mass is 10.2. The fourth-order valence-electron chi connectivity index (χ4n) is 2.49. The molecule has 86 valence electrons. The van der Waals surface area contributed by atoms with Gasteiger partial charge >= 0.3 is 5.97 Å². The van der Waals surface area contributed by atoms with Crippen LogP contribution in [0.15, 0.2) is 0 Å². The van der Waals surface area contributed by atoms with Crippen LogP contribution in [-0.2, 0) is 19.4 Å². The maximum absolute atomic E-state index is 11.8. The quantitative estimate of drug-likeness (QED) is 0.616. The predicted octanol–water partition coefficient (Wildman–Crippen LogP) is -0.533. The van der Waals surface area contributed by atoms with E-state index in [2.05, 4.69) is 10.1 Å². The molecule has 0 spiro atoms. The number of carbonyl (C=O) groups is 1. The van der Waals surface area contributed by atoms with Crippen molar-refractivity contribution in [3.05, 3.63) is 0 Å². The van der Waals surface area contributed by atoms with Crippen molar-refractivity contribution in [2.75, 3.05) is 12.9 Å². The number of nitrogens with one attached hydrogen (secondary N) is 1. The van der Waals surface area contributed by atoms with Crippen LogP contribution in [0.1, 0.15) is 19.3 Å². The van der Waals surface area contributed by atoms with E-state index >= 15 is 0 Å². The summed E-state index contributed by atoms with van der Waals surface area (Å²) >= 11 is 0. The van der Waals surface area contributed by atoms with Crippen LogP contribution in [0, 0.1) is 0 Å². The summed E-state index contributed by atoms with van der Waals surface area (Å²) in [4.78, 5) is 11.3. The SMILES string of the molecule is COC(=O)C1CS(=O)(=O)C2CCCC2N1. The van der Waals surface area contributed by atoms with Crippen LogP contribution in [0.4, 0.5) is 0 Å². The van der Waals surface area contributed by atoms with Gasteiger partial charge in [-0.25, -0.2) is 8.42 Å². The zero-order valence-electron chi connectivity index (χ0n) is 8.60. The third-order valence-electron chi connectivity index (χ3n) is 3.21. The standard InChI is InChI=1S/C9H15NO4S/c1-14-9(11)7-5-15(12,13)8-4-2-3-6(8)10-7/h6-8,10H,2-5H2,1H3. The fourth-order valence-corrected chi connectivity index (χ4v) is 4.67. The molecule has 1 N–H and O–H groups in total. The molecular formula is C9H15NO4S. The Morgan fingerprint density at radius 3 is 2.80 bits per heavy atom. The molecular weight excluding hydrogens is 218 g/mol. The lowest BCUT2D eigenvalue weighted by Gasteiger charge is -2.31. The van der Waals surface area contributed by atoms with E-state index in [4.69, 9.17) is 0 Å². The normalized spacial score (nSPS) is 38.3. The number of ether oxygens (including phenoxy) is 1. The monoisotopic (exact) mass is 233 g/mol. The number of fused-ring (bicyclic) bond motifs is 1. The van der Waals surface area contributed by atoms with Crippen LogP contribution in [0.25, 0.3) is 0 Å². The van der Waals surface area contributed by atoms with Crippen LogP contribution in [0.3, 0.4) is 0 Å². The van der Waals surface area contributed by atoms with Crippen molar-refractivity contribution in [2.24, 2.45) is 0 Å². The van der Waals surface area contributed by atoms with Crippen LogP contribution >= 0.6 is 0 Å². The number of hydrogen-bond donors (Lipinski definition) is 1. The van der Waals surface area contributed by atoms with Crippen LogP contribution in [-0.4, -0.2) is 44.6 Å². The second kappa shape index (κ2) is 3.75. The van der Waals surface area contributed by atoms with Gasteiger partial charge in [0.25, 0.3) is 0 Å². The van der Waals surface area contributed by atoms with Crippen molar-refractivity contribution in [1.29, 1.82) is 0 Å². The van der Waals surface area contributed by atoms with Crippen LogP contribution < -0.4 is 5.32 Å². The highest BCUT2D eigenvalue weighted by atomic mass is 32.2. The summed E-state index contributed by atoms with van der Waals surface area (Å²) in [5.41, 5.74) is 0. The number of sulfone groups is 1. The number of hydrogen-bond acceptors (Lipinski definition) is 5. The minimum atomic E-state index is -3.13. The largest absolute Gasteiger partial charge is 0.468 e. The highest BCUT2D eigenvalue weighted by molar-refractivity contribution is 7.92. The number of methoxy groups -OCH3 is 1. The van der Waals surface area contributed by atoms with Gasteiger partial charge < -0.3 is 4.74 Å². The van der Waals surface area contributed by atoms with Crippen molar-refractivity contribution < 1.29 is 17.9 Å². The number of carbonyl (C=O) groups excluding carboxylic acids is 1. The molecule has 6 heteroatoms. The summed E-state index contributed by atoms with van der Waals surface area (Å²) in [6.07, 6.45) is 2.46. The Morgan fingerprint density at radius 1 is 1.40 bits per heavy atom. The van der Waals surface area contributed by atoms with Crippen molar-refractivity contribution in [3.8, 4) is 0 Å². The molecule has 1 saturated carbocycles. The Bertz CT molecular complexity index is 364. The first kappa shape index (κ1) is 10.9. The van der Waals surface area contributed by atoms with Gasteiger partial charge in [-0.1, -0.05) is 6.42 Å². The average Bonchev–Trinajstić information content (AvgIpc) is 2.64. The van der Waals surface area contributed by atoms with Crippen molar-refractivity contribution in [3.63, 3.8) is 0 Å². The third kappa shape index (κ3) is 1.88. The van der Waals surface area contributed by atoms with Crippen molar-refractivity contribution in [2.45, 2.75) is 36.6 Å². The highest BCUT2D eigenvalue weighted by Crippen LogP contribution is 2.30. The lowest BCUT2D eigenvalue weighted by molar-refractivity contribution is -0.142. The van der Waals surface area contributed by atoms with E-state index in [0.717, 1.165) is 12.8 Å². The number of esters is 1. The van der Waals surface area contributed by atoms with Crippen LogP contribution in [0.5, 0.6) is 0 Å². The second-order valence-electron chi connectivity index (χ2n) is 4.15.